The Morgan fingerprint density at radius 1 is 1.60 bits per heavy atom. The highest BCUT2D eigenvalue weighted by molar-refractivity contribution is 7.09. The molecule has 0 spiro atoms. The summed E-state index contributed by atoms with van der Waals surface area (Å²) in [6.45, 7) is 2.48. The van der Waals surface area contributed by atoms with Gasteiger partial charge in [0, 0.05) is 37.4 Å². The number of carbonyl (C=O) groups excluding carboxylic acids is 1. The van der Waals surface area contributed by atoms with Gasteiger partial charge in [0.2, 0.25) is 5.91 Å². The molecule has 1 saturated heterocycles. The molecule has 20 heavy (non-hydrogen) atoms. The molecule has 7 nitrogen and oxygen atoms in total. The Balaban J connectivity index is 1.66. The Hall–Kier alpha value is -1.51. The third kappa shape index (κ3) is 4.55. The molecule has 0 bridgehead atoms. The minimum absolute atomic E-state index is 0.0389. The fraction of sp³-hybridized carbons (Fsp3) is 0.583. The van der Waals surface area contributed by atoms with E-state index in [2.05, 4.69) is 15.6 Å². The quantitative estimate of drug-likeness (QED) is 0.677. The second-order valence-corrected chi connectivity index (χ2v) is 5.40. The number of nitrogens with one attached hydrogen (secondary N) is 2. The summed E-state index contributed by atoms with van der Waals surface area (Å²) in [5, 5.41) is 17.0. The van der Waals surface area contributed by atoms with Gasteiger partial charge < -0.3 is 20.5 Å². The second kappa shape index (κ2) is 7.32. The van der Waals surface area contributed by atoms with Crippen molar-refractivity contribution in [3.63, 3.8) is 0 Å². The van der Waals surface area contributed by atoms with E-state index in [0.717, 1.165) is 6.54 Å². The van der Waals surface area contributed by atoms with Gasteiger partial charge >= 0.3 is 5.97 Å². The Morgan fingerprint density at radius 3 is 3.10 bits per heavy atom. The van der Waals surface area contributed by atoms with Crippen molar-refractivity contribution in [1.29, 1.82) is 0 Å². The van der Waals surface area contributed by atoms with E-state index in [1.807, 2.05) is 0 Å². The van der Waals surface area contributed by atoms with Crippen LogP contribution in [0.1, 0.15) is 21.9 Å². The van der Waals surface area contributed by atoms with E-state index in [-0.39, 0.29) is 17.6 Å². The number of carboxylic acid groups (broad SMARTS) is 1. The van der Waals surface area contributed by atoms with Gasteiger partial charge in [0.1, 0.15) is 0 Å². The van der Waals surface area contributed by atoms with Crippen LogP contribution in [0, 0.1) is 0 Å². The monoisotopic (exact) mass is 299 g/mol. The van der Waals surface area contributed by atoms with Crippen LogP contribution in [0.15, 0.2) is 5.38 Å². The molecule has 1 aliphatic rings. The SMILES string of the molecule is O=C(CC1COCCN1)NCCc1nc(C(=O)O)cs1. The van der Waals surface area contributed by atoms with Crippen LogP contribution in [0.3, 0.4) is 0 Å². The number of carbonyl (C=O) groups is 2. The molecule has 3 N–H and O–H groups in total. The van der Waals surface area contributed by atoms with E-state index in [1.54, 1.807) is 0 Å². The van der Waals surface area contributed by atoms with E-state index in [1.165, 1.54) is 16.7 Å². The highest BCUT2D eigenvalue weighted by Crippen LogP contribution is 2.09. The summed E-state index contributed by atoms with van der Waals surface area (Å²) in [4.78, 5) is 26.3. The summed E-state index contributed by atoms with van der Waals surface area (Å²) in [5.74, 6) is -1.07. The fourth-order valence-electron chi connectivity index (χ4n) is 1.88. The van der Waals surface area contributed by atoms with Crippen molar-refractivity contribution >= 4 is 23.2 Å². The first kappa shape index (κ1) is 14.9. The number of hydrogen-bond acceptors (Lipinski definition) is 6. The molecule has 2 heterocycles. The molecule has 1 atom stereocenters. The Kier molecular flexibility index (Phi) is 5.45. The van der Waals surface area contributed by atoms with Gasteiger partial charge in [0.15, 0.2) is 5.69 Å². The Labute approximate surface area is 120 Å². The maximum Gasteiger partial charge on any atom is 0.355 e. The molecule has 1 amide bonds. The molecular formula is C12H17N3O4S. The molecule has 1 aromatic heterocycles. The van der Waals surface area contributed by atoms with Crippen LogP contribution in [-0.4, -0.2) is 54.3 Å². The average Bonchev–Trinajstić information content (AvgIpc) is 2.89. The first-order chi connectivity index (χ1) is 9.65. The molecule has 0 aromatic carbocycles. The number of aromatic nitrogens is 1. The smallest absolute Gasteiger partial charge is 0.355 e. The van der Waals surface area contributed by atoms with Crippen molar-refractivity contribution < 1.29 is 19.4 Å². The maximum absolute atomic E-state index is 11.7. The third-order valence-electron chi connectivity index (χ3n) is 2.86. The number of amides is 1. The summed E-state index contributed by atoms with van der Waals surface area (Å²) >= 11 is 1.29. The molecule has 110 valence electrons. The zero-order valence-electron chi connectivity index (χ0n) is 10.9. The minimum atomic E-state index is -1.03. The molecule has 1 aromatic rings. The number of morpholine rings is 1. The predicted octanol–water partition coefficient (Wildman–Crippen LogP) is -0.121. The zero-order chi connectivity index (χ0) is 14.4. The van der Waals surface area contributed by atoms with Crippen LogP contribution in [0.2, 0.25) is 0 Å². The highest BCUT2D eigenvalue weighted by atomic mass is 32.1. The predicted molar refractivity (Wildman–Crippen MR) is 73.0 cm³/mol. The lowest BCUT2D eigenvalue weighted by molar-refractivity contribution is -0.122. The summed E-state index contributed by atoms with van der Waals surface area (Å²) < 4.78 is 5.28. The lowest BCUT2D eigenvalue weighted by Crippen LogP contribution is -2.44. The van der Waals surface area contributed by atoms with Crippen LogP contribution in [-0.2, 0) is 16.0 Å². The van der Waals surface area contributed by atoms with E-state index in [9.17, 15) is 9.59 Å². The second-order valence-electron chi connectivity index (χ2n) is 4.46. The van der Waals surface area contributed by atoms with Crippen molar-refractivity contribution in [2.24, 2.45) is 0 Å². The van der Waals surface area contributed by atoms with Crippen LogP contribution < -0.4 is 10.6 Å². The zero-order valence-corrected chi connectivity index (χ0v) is 11.7. The van der Waals surface area contributed by atoms with Gasteiger partial charge in [-0.15, -0.1) is 11.3 Å². The average molecular weight is 299 g/mol. The molecular weight excluding hydrogens is 282 g/mol. The number of hydrogen-bond donors (Lipinski definition) is 3. The third-order valence-corrected chi connectivity index (χ3v) is 3.77. The topological polar surface area (TPSA) is 101 Å². The first-order valence-electron chi connectivity index (χ1n) is 6.40. The summed E-state index contributed by atoms with van der Waals surface area (Å²) in [7, 11) is 0. The normalized spacial score (nSPS) is 18.7. The van der Waals surface area contributed by atoms with Crippen LogP contribution in [0.4, 0.5) is 0 Å². The van der Waals surface area contributed by atoms with Crippen LogP contribution >= 0.6 is 11.3 Å². The molecule has 8 heteroatoms. The van der Waals surface area contributed by atoms with Crippen LogP contribution in [0.25, 0.3) is 0 Å². The van der Waals surface area contributed by atoms with Crippen molar-refractivity contribution in [3.05, 3.63) is 16.1 Å². The van der Waals surface area contributed by atoms with Gasteiger partial charge in [-0.25, -0.2) is 9.78 Å². The van der Waals surface area contributed by atoms with Gasteiger partial charge in [-0.2, -0.15) is 0 Å². The highest BCUT2D eigenvalue weighted by Gasteiger charge is 2.16. The lowest BCUT2D eigenvalue weighted by atomic mass is 10.2. The molecule has 1 fully saturated rings. The standard InChI is InChI=1S/C12H17N3O4S/c16-10(5-8-6-19-4-3-13-8)14-2-1-11-15-9(7-20-11)12(17)18/h7-8,13H,1-6H2,(H,14,16)(H,17,18). The van der Waals surface area contributed by atoms with Crippen molar-refractivity contribution in [2.75, 3.05) is 26.3 Å². The summed E-state index contributed by atoms with van der Waals surface area (Å²) in [6.07, 6.45) is 0.927. The van der Waals surface area contributed by atoms with Gasteiger partial charge in [-0.1, -0.05) is 0 Å². The summed E-state index contributed by atoms with van der Waals surface area (Å²) in [5.41, 5.74) is 0.0554. The molecule has 0 radical (unpaired) electrons. The van der Waals surface area contributed by atoms with E-state index in [4.69, 9.17) is 9.84 Å². The fourth-order valence-corrected chi connectivity index (χ4v) is 2.65. The molecule has 0 aliphatic carbocycles. The lowest BCUT2D eigenvalue weighted by Gasteiger charge is -2.23. The van der Waals surface area contributed by atoms with Gasteiger partial charge in [-0.05, 0) is 0 Å². The van der Waals surface area contributed by atoms with E-state index in [0.29, 0.717) is 37.6 Å². The van der Waals surface area contributed by atoms with Crippen molar-refractivity contribution in [3.8, 4) is 0 Å². The minimum Gasteiger partial charge on any atom is -0.476 e. The molecule has 0 saturated carbocycles. The Bertz CT molecular complexity index is 471. The van der Waals surface area contributed by atoms with Gasteiger partial charge in [0.25, 0.3) is 0 Å². The summed E-state index contributed by atoms with van der Waals surface area (Å²) in [6, 6.07) is 0.0715. The van der Waals surface area contributed by atoms with Crippen molar-refractivity contribution in [1.82, 2.24) is 15.6 Å². The van der Waals surface area contributed by atoms with Gasteiger partial charge in [-0.3, -0.25) is 4.79 Å². The number of ether oxygens (including phenoxy) is 1. The molecule has 2 rings (SSSR count). The van der Waals surface area contributed by atoms with E-state index < -0.39 is 5.97 Å². The number of aromatic carboxylic acids is 1. The van der Waals surface area contributed by atoms with Gasteiger partial charge in [0.05, 0.1) is 18.2 Å². The number of nitrogens with zero attached hydrogens (tertiary/aromatic N) is 1. The Morgan fingerprint density at radius 2 is 2.45 bits per heavy atom. The molecule has 1 aliphatic heterocycles. The van der Waals surface area contributed by atoms with E-state index >= 15 is 0 Å². The number of rotatable bonds is 6. The van der Waals surface area contributed by atoms with Crippen LogP contribution in [0.5, 0.6) is 0 Å². The number of thiazole rings is 1. The number of carboxylic acids is 1. The maximum atomic E-state index is 11.7. The largest absolute Gasteiger partial charge is 0.476 e. The van der Waals surface area contributed by atoms with Crippen molar-refractivity contribution in [2.45, 2.75) is 18.9 Å². The first-order valence-corrected chi connectivity index (χ1v) is 7.28. The molecule has 1 unspecified atom stereocenters.